The molecule has 0 N–H and O–H groups in total. The maximum absolute atomic E-state index is 8.98. The first-order chi connectivity index (χ1) is 30.3. The Morgan fingerprint density at radius 1 is 0.404 bits per heavy atom. The third-order valence-electron chi connectivity index (χ3n) is 11.9. The van der Waals surface area contributed by atoms with Crippen molar-refractivity contribution in [2.45, 2.75) is 38.4 Å². The molecule has 0 heterocycles. The van der Waals surface area contributed by atoms with Gasteiger partial charge in [-0.05, 0) is 120 Å². The molecule has 2 atom stereocenters. The van der Waals surface area contributed by atoms with Crippen LogP contribution in [0.15, 0.2) is 188 Å². The number of allylic oxidation sites excluding steroid dienone is 2. The van der Waals surface area contributed by atoms with E-state index in [4.69, 9.17) is 8.22 Å². The monoisotopic (exact) mass is 737 g/mol. The Balaban J connectivity index is 0.956. The van der Waals surface area contributed by atoms with Gasteiger partial charge in [-0.2, -0.15) is 0 Å². The summed E-state index contributed by atoms with van der Waals surface area (Å²) in [4.78, 5) is 2.25. The van der Waals surface area contributed by atoms with E-state index in [-0.39, 0.29) is 0 Å². The quantitative estimate of drug-likeness (QED) is 0.147. The summed E-state index contributed by atoms with van der Waals surface area (Å²) in [5, 5.41) is 2.13. The minimum absolute atomic E-state index is 0.606. The molecule has 8 aromatic rings. The van der Waals surface area contributed by atoms with E-state index in [1.807, 2.05) is 66.7 Å². The van der Waals surface area contributed by atoms with E-state index >= 15 is 0 Å². The van der Waals surface area contributed by atoms with Crippen molar-refractivity contribution in [3.05, 3.63) is 221 Å². The molecule has 2 aliphatic rings. The Hall–Kier alpha value is -6.70. The molecule has 0 amide bonds. The highest BCUT2D eigenvalue weighted by atomic mass is 15.1. The third-order valence-corrected chi connectivity index (χ3v) is 11.9. The van der Waals surface area contributed by atoms with Gasteiger partial charge in [0.05, 0.1) is 0 Å². The van der Waals surface area contributed by atoms with Crippen LogP contribution in [0.1, 0.15) is 69.2 Å². The van der Waals surface area contributed by atoms with Gasteiger partial charge in [-0.25, -0.2) is 0 Å². The highest BCUT2D eigenvalue weighted by molar-refractivity contribution is 6.10. The lowest BCUT2D eigenvalue weighted by Gasteiger charge is -2.28. The fraction of sp³-hybridized carbons (Fsp3) is 0.107. The van der Waals surface area contributed by atoms with Gasteiger partial charge in [0, 0.05) is 36.1 Å². The van der Waals surface area contributed by atoms with Crippen molar-refractivity contribution < 1.29 is 8.22 Å². The van der Waals surface area contributed by atoms with E-state index in [0.29, 0.717) is 33.4 Å². The standard InChI is InChI=1S/C56H45N/c1-55(2)51-22-14-13-21-49(51)53-54(55)50-34-31-41(37-52(50)56(53,3)4)46-36-35-45(47-19-11-12-20-48(46)47)40-29-25-38(26-30-40)23-24-39-27-32-44(33-28-39)57(42-15-7-5-8-16-42)43-17-9-6-10-18-43/h5-37H,1-4H3/b24-23+/i1D3,3D3. The van der Waals surface area contributed by atoms with Crippen LogP contribution in [-0.4, -0.2) is 0 Å². The molecule has 0 fully saturated rings. The van der Waals surface area contributed by atoms with Crippen LogP contribution in [0.3, 0.4) is 0 Å². The van der Waals surface area contributed by atoms with Crippen LogP contribution in [0.5, 0.6) is 0 Å². The average molecular weight is 738 g/mol. The van der Waals surface area contributed by atoms with Gasteiger partial charge >= 0.3 is 0 Å². The Morgan fingerprint density at radius 3 is 1.44 bits per heavy atom. The molecule has 0 radical (unpaired) electrons. The van der Waals surface area contributed by atoms with E-state index < -0.39 is 24.5 Å². The summed E-state index contributed by atoms with van der Waals surface area (Å²) in [7, 11) is 0. The number of hydrogen-bond donors (Lipinski definition) is 0. The summed E-state index contributed by atoms with van der Waals surface area (Å²) in [6.07, 6.45) is 4.27. The van der Waals surface area contributed by atoms with E-state index in [9.17, 15) is 0 Å². The summed E-state index contributed by atoms with van der Waals surface area (Å²) in [5.74, 6) is 0. The largest absolute Gasteiger partial charge is 0.311 e. The van der Waals surface area contributed by atoms with Gasteiger partial charge in [-0.15, -0.1) is 0 Å². The zero-order valence-corrected chi connectivity index (χ0v) is 32.0. The number of anilines is 3. The van der Waals surface area contributed by atoms with E-state index in [1.165, 1.54) is 0 Å². The molecule has 0 spiro atoms. The minimum atomic E-state index is -2.45. The third kappa shape index (κ3) is 5.77. The first kappa shape index (κ1) is 28.7. The number of hydrogen-bond acceptors (Lipinski definition) is 1. The Labute approximate surface area is 345 Å². The first-order valence-corrected chi connectivity index (χ1v) is 19.6. The normalized spacial score (nSPS) is 20.2. The van der Waals surface area contributed by atoms with Crippen molar-refractivity contribution in [2.75, 3.05) is 4.90 Å². The zero-order chi connectivity index (χ0) is 43.7. The second-order valence-corrected chi connectivity index (χ2v) is 15.6. The van der Waals surface area contributed by atoms with Gasteiger partial charge in [0.1, 0.15) is 0 Å². The van der Waals surface area contributed by atoms with Crippen LogP contribution in [0.25, 0.3) is 56.3 Å². The van der Waals surface area contributed by atoms with Gasteiger partial charge < -0.3 is 4.90 Å². The highest BCUT2D eigenvalue weighted by Crippen LogP contribution is 2.62. The van der Waals surface area contributed by atoms with Gasteiger partial charge in [0.2, 0.25) is 0 Å². The second-order valence-electron chi connectivity index (χ2n) is 15.6. The van der Waals surface area contributed by atoms with Gasteiger partial charge in [0.25, 0.3) is 0 Å². The molecule has 2 unspecified atom stereocenters. The first-order valence-electron chi connectivity index (χ1n) is 22.6. The summed E-state index contributed by atoms with van der Waals surface area (Å²) < 4.78 is 53.3. The molecule has 2 aliphatic carbocycles. The molecule has 0 bridgehead atoms. The summed E-state index contributed by atoms with van der Waals surface area (Å²) >= 11 is 0. The van der Waals surface area contributed by atoms with Gasteiger partial charge in [0.15, 0.2) is 0 Å². The van der Waals surface area contributed by atoms with Crippen molar-refractivity contribution in [2.24, 2.45) is 0 Å². The van der Waals surface area contributed by atoms with Crippen molar-refractivity contribution in [1.82, 2.24) is 0 Å². The zero-order valence-electron chi connectivity index (χ0n) is 38.0. The molecule has 0 saturated carbocycles. The topological polar surface area (TPSA) is 3.24 Å². The van der Waals surface area contributed by atoms with Gasteiger partial charge in [-0.3, -0.25) is 0 Å². The van der Waals surface area contributed by atoms with E-state index in [0.717, 1.165) is 61.2 Å². The molecule has 1 nitrogen and oxygen atoms in total. The summed E-state index contributed by atoms with van der Waals surface area (Å²) in [5.41, 5.74) is 10.7. The fourth-order valence-corrected chi connectivity index (χ4v) is 9.16. The second kappa shape index (κ2) is 13.5. The predicted molar refractivity (Wildman–Crippen MR) is 244 cm³/mol. The molecule has 0 aromatic heterocycles. The van der Waals surface area contributed by atoms with Crippen LogP contribution in [0.2, 0.25) is 0 Å². The lowest BCUT2D eigenvalue weighted by Crippen LogP contribution is -2.19. The summed E-state index contributed by atoms with van der Waals surface area (Å²) in [6.45, 7) is -1.33. The molecule has 10 rings (SSSR count). The maximum atomic E-state index is 8.98. The van der Waals surface area contributed by atoms with Crippen LogP contribution in [0, 0.1) is 0 Å². The number of rotatable bonds is 7. The lowest BCUT2D eigenvalue weighted by molar-refractivity contribution is 0.694. The number of nitrogens with zero attached hydrogens (tertiary/aromatic N) is 1. The van der Waals surface area contributed by atoms with Crippen molar-refractivity contribution in [1.29, 1.82) is 0 Å². The van der Waals surface area contributed by atoms with Crippen molar-refractivity contribution in [3.63, 3.8) is 0 Å². The Morgan fingerprint density at radius 2 is 0.842 bits per heavy atom. The molecule has 57 heavy (non-hydrogen) atoms. The molecule has 8 aromatic carbocycles. The van der Waals surface area contributed by atoms with Gasteiger partial charge in [-0.1, -0.05) is 185 Å². The molecule has 0 aliphatic heterocycles. The summed E-state index contributed by atoms with van der Waals surface area (Å²) in [6, 6.07) is 64.0. The van der Waals surface area contributed by atoms with E-state index in [1.54, 1.807) is 13.8 Å². The lowest BCUT2D eigenvalue weighted by atomic mass is 9.75. The van der Waals surface area contributed by atoms with Crippen LogP contribution >= 0.6 is 0 Å². The molecule has 0 saturated heterocycles. The van der Waals surface area contributed by atoms with Crippen LogP contribution in [0.4, 0.5) is 17.1 Å². The van der Waals surface area contributed by atoms with Crippen LogP contribution < -0.4 is 4.90 Å². The highest BCUT2D eigenvalue weighted by Gasteiger charge is 2.49. The maximum Gasteiger partial charge on any atom is 0.0462 e. The smallest absolute Gasteiger partial charge is 0.0462 e. The molecule has 1 heteroatoms. The Kier molecular flexibility index (Phi) is 6.79. The fourth-order valence-electron chi connectivity index (χ4n) is 9.16. The van der Waals surface area contributed by atoms with Crippen molar-refractivity contribution >= 4 is 51.1 Å². The number of benzene rings is 8. The molecular weight excluding hydrogens is 687 g/mol. The number of fused-ring (bicyclic) bond motifs is 5. The molecular formula is C56H45N. The SMILES string of the molecule is [2H]C([2H])([2H])C1(C)C2=C(c3ccccc31)C(C)(C([2H])([2H])[2H])c1cc(-c3ccc(-c4ccc(/C=C/c5ccc(N(c6ccccc6)c6ccccc6)cc5)cc4)c4ccccc34)ccc12. The number of para-hydroxylation sites is 2. The van der Waals surface area contributed by atoms with Crippen molar-refractivity contribution in [3.8, 4) is 22.3 Å². The molecule has 274 valence electrons. The predicted octanol–water partition coefficient (Wildman–Crippen LogP) is 15.3. The average Bonchev–Trinajstić information content (AvgIpc) is 3.74. The van der Waals surface area contributed by atoms with E-state index in [2.05, 4.69) is 138 Å². The minimum Gasteiger partial charge on any atom is -0.311 e. The van der Waals surface area contributed by atoms with Crippen LogP contribution in [-0.2, 0) is 10.8 Å². The Bertz CT molecular complexity index is 3050.